The molecule has 0 unspecified atom stereocenters. The minimum atomic E-state index is -4.61. The van der Waals surface area contributed by atoms with Crippen LogP contribution >= 0.6 is 0 Å². The van der Waals surface area contributed by atoms with E-state index in [0.717, 1.165) is 0 Å². The maximum absolute atomic E-state index is 7.33. The second-order valence-corrected chi connectivity index (χ2v) is 1.80. The first-order valence-corrected chi connectivity index (χ1v) is 2.68. The first kappa shape index (κ1) is 15.6. The van der Waals surface area contributed by atoms with Crippen LogP contribution in [0, 0.1) is 0 Å². The summed E-state index contributed by atoms with van der Waals surface area (Å²) < 4.78 is 0. The van der Waals surface area contributed by atoms with Crippen LogP contribution < -0.4 is 0 Å². The third kappa shape index (κ3) is 448. The Balaban J connectivity index is -0.0000000800. The monoisotopic (exact) mass is 170 g/mol. The predicted molar refractivity (Wildman–Crippen MR) is 21.4 cm³/mol. The van der Waals surface area contributed by atoms with Crippen LogP contribution in [0.5, 0.6) is 0 Å². The average molecular weight is 171 g/mol. The van der Waals surface area contributed by atoms with E-state index in [2.05, 4.69) is 0 Å². The Kier molecular flexibility index (Phi) is 10.5. The molecule has 0 saturated heterocycles. The summed E-state index contributed by atoms with van der Waals surface area (Å²) in [5, 5.41) is 0. The quantitative estimate of drug-likeness (QED) is 0.318. The van der Waals surface area contributed by atoms with Gasteiger partial charge in [-0.05, 0) is 0 Å². The normalized spacial score (nSPS) is 8.57. The van der Waals surface area contributed by atoms with Gasteiger partial charge < -0.3 is 19.2 Å². The predicted octanol–water partition coefficient (Wildman–Crippen LogP) is -1.98. The Morgan fingerprint density at radius 3 is 0.857 bits per heavy atom. The van der Waals surface area contributed by atoms with E-state index in [1.165, 1.54) is 0 Å². The summed E-state index contributed by atoms with van der Waals surface area (Å²) in [5.41, 5.74) is 0. The zero-order chi connectivity index (χ0) is 4.50. The van der Waals surface area contributed by atoms with Gasteiger partial charge in [0.2, 0.25) is 0 Å². The van der Waals surface area contributed by atoms with Crippen LogP contribution in [0.25, 0.3) is 0 Å². The van der Waals surface area contributed by atoms with E-state index >= 15 is 0 Å². The minimum absolute atomic E-state index is 0. The molecule has 0 atom stereocenters. The van der Waals surface area contributed by atoms with Crippen molar-refractivity contribution in [2.45, 2.75) is 7.43 Å². The fraction of sp³-hybridized carbons (Fsp3) is 1.00. The molecule has 0 aromatic rings. The summed E-state index contributed by atoms with van der Waals surface area (Å²) in [7, 11) is -4.61. The summed E-state index contributed by atoms with van der Waals surface area (Å²) in [6.45, 7) is 0. The van der Waals surface area contributed by atoms with E-state index in [0.29, 0.717) is 0 Å². The van der Waals surface area contributed by atoms with Gasteiger partial charge in [-0.2, -0.15) is 0 Å². The van der Waals surface area contributed by atoms with Gasteiger partial charge in [-0.3, -0.25) is 0 Å². The number of hydrogen-bond acceptors (Lipinski definition) is 4. The second-order valence-electron chi connectivity index (χ2n) is 0.600. The SMILES string of the molecule is C.O[Si](O)(O)O.[Ni]. The Morgan fingerprint density at radius 2 is 0.857 bits per heavy atom. The van der Waals surface area contributed by atoms with Gasteiger partial charge in [0.1, 0.15) is 0 Å². The largest absolute Gasteiger partial charge is 0.668 e. The maximum atomic E-state index is 7.33. The topological polar surface area (TPSA) is 80.9 Å². The smallest absolute Gasteiger partial charge is 0.368 e. The molecule has 0 spiro atoms. The van der Waals surface area contributed by atoms with Crippen molar-refractivity contribution in [2.75, 3.05) is 0 Å². The third-order valence-electron chi connectivity index (χ3n) is 0. The number of rotatable bonds is 0. The van der Waals surface area contributed by atoms with Crippen molar-refractivity contribution in [2.24, 2.45) is 0 Å². The van der Waals surface area contributed by atoms with E-state index in [-0.39, 0.29) is 23.9 Å². The van der Waals surface area contributed by atoms with Crippen LogP contribution in [0.4, 0.5) is 0 Å². The molecule has 0 aliphatic rings. The number of hydrogen-bond donors (Lipinski definition) is 4. The molecule has 4 N–H and O–H groups in total. The van der Waals surface area contributed by atoms with E-state index in [9.17, 15) is 0 Å². The van der Waals surface area contributed by atoms with E-state index < -0.39 is 9.05 Å². The zero-order valence-corrected chi connectivity index (χ0v) is 4.59. The molecule has 0 bridgehead atoms. The summed E-state index contributed by atoms with van der Waals surface area (Å²) in [4.78, 5) is 29.3. The molecule has 4 nitrogen and oxygen atoms in total. The molecule has 0 aliphatic carbocycles. The molecular formula is CH8NiO4Si. The Bertz CT molecular complexity index is 27.2. The van der Waals surface area contributed by atoms with Crippen molar-refractivity contribution >= 4 is 9.05 Å². The third-order valence-corrected chi connectivity index (χ3v) is 0. The average Bonchev–Trinajstić information content (AvgIpc) is 0.722. The van der Waals surface area contributed by atoms with Crippen LogP contribution in [0.1, 0.15) is 7.43 Å². The molecule has 0 aromatic carbocycles. The van der Waals surface area contributed by atoms with E-state index in [1.54, 1.807) is 0 Å². The Hall–Kier alpha value is 0.550. The summed E-state index contributed by atoms with van der Waals surface area (Å²) in [6, 6.07) is 0. The molecule has 0 amide bonds. The molecule has 0 heterocycles. The fourth-order valence-corrected chi connectivity index (χ4v) is 0. The van der Waals surface area contributed by atoms with Crippen LogP contribution in [-0.4, -0.2) is 28.2 Å². The summed E-state index contributed by atoms with van der Waals surface area (Å²) in [6.07, 6.45) is 0. The molecule has 0 radical (unpaired) electrons. The molecule has 0 aliphatic heterocycles. The summed E-state index contributed by atoms with van der Waals surface area (Å²) in [5.74, 6) is 0. The first-order valence-electron chi connectivity index (χ1n) is 0.894. The van der Waals surface area contributed by atoms with Crippen molar-refractivity contribution < 1.29 is 35.7 Å². The van der Waals surface area contributed by atoms with Crippen molar-refractivity contribution in [1.82, 2.24) is 0 Å². The molecule has 0 fully saturated rings. The van der Waals surface area contributed by atoms with E-state index in [1.807, 2.05) is 0 Å². The molecule has 0 saturated carbocycles. The molecule has 0 aromatic heterocycles. The van der Waals surface area contributed by atoms with Crippen molar-refractivity contribution in [3.05, 3.63) is 0 Å². The van der Waals surface area contributed by atoms with E-state index in [4.69, 9.17) is 19.2 Å². The van der Waals surface area contributed by atoms with Crippen LogP contribution in [0.3, 0.4) is 0 Å². The van der Waals surface area contributed by atoms with Gasteiger partial charge in [0, 0.05) is 16.5 Å². The molecule has 6 heteroatoms. The fourth-order valence-electron chi connectivity index (χ4n) is 0. The standard InChI is InChI=1S/CH4.Ni.H4O4Si/c;;1-5(2,3)4/h1H4;;1-4H. The van der Waals surface area contributed by atoms with Crippen LogP contribution in [-0.2, 0) is 16.5 Å². The van der Waals surface area contributed by atoms with Gasteiger partial charge in [-0.1, -0.05) is 7.43 Å². The second kappa shape index (κ2) is 4.70. The van der Waals surface area contributed by atoms with Gasteiger partial charge in [0.05, 0.1) is 0 Å². The molecular weight excluding hydrogens is 163 g/mol. The van der Waals surface area contributed by atoms with Gasteiger partial charge in [0.15, 0.2) is 0 Å². The minimum Gasteiger partial charge on any atom is -0.368 e. The van der Waals surface area contributed by atoms with Crippen LogP contribution in [0.15, 0.2) is 0 Å². The van der Waals surface area contributed by atoms with Gasteiger partial charge in [-0.15, -0.1) is 0 Å². The van der Waals surface area contributed by atoms with Crippen molar-refractivity contribution in [3.8, 4) is 0 Å². The zero-order valence-electron chi connectivity index (χ0n) is 2.61. The van der Waals surface area contributed by atoms with Crippen LogP contribution in [0.2, 0.25) is 0 Å². The maximum Gasteiger partial charge on any atom is 0.668 e. The molecule has 50 valence electrons. The summed E-state index contributed by atoms with van der Waals surface area (Å²) >= 11 is 0. The van der Waals surface area contributed by atoms with Crippen molar-refractivity contribution in [1.29, 1.82) is 0 Å². The van der Waals surface area contributed by atoms with Gasteiger partial charge >= 0.3 is 9.05 Å². The molecule has 0 rings (SSSR count). The molecule has 7 heavy (non-hydrogen) atoms. The van der Waals surface area contributed by atoms with Crippen molar-refractivity contribution in [3.63, 3.8) is 0 Å². The Labute approximate surface area is 52.8 Å². The van der Waals surface area contributed by atoms with Gasteiger partial charge in [-0.25, -0.2) is 0 Å². The Morgan fingerprint density at radius 1 is 0.857 bits per heavy atom. The first-order chi connectivity index (χ1) is 2.00. The van der Waals surface area contributed by atoms with Gasteiger partial charge in [0.25, 0.3) is 0 Å².